The predicted molar refractivity (Wildman–Crippen MR) is 146 cm³/mol. The zero-order valence-electron chi connectivity index (χ0n) is 21.1. The van der Waals surface area contributed by atoms with E-state index in [1.165, 1.54) is 5.69 Å². The second-order valence-corrected chi connectivity index (χ2v) is 9.53. The molecule has 1 unspecified atom stereocenters. The van der Waals surface area contributed by atoms with Crippen molar-refractivity contribution in [2.24, 2.45) is 0 Å². The van der Waals surface area contributed by atoms with Crippen LogP contribution in [-0.2, 0) is 4.79 Å². The van der Waals surface area contributed by atoms with Crippen LogP contribution in [-0.4, -0.2) is 66.1 Å². The minimum absolute atomic E-state index is 0.0270. The van der Waals surface area contributed by atoms with Crippen LogP contribution in [0, 0.1) is 6.92 Å². The molecule has 0 radical (unpaired) electrons. The highest BCUT2D eigenvalue weighted by atomic mass is 16.2. The van der Waals surface area contributed by atoms with Crippen molar-refractivity contribution in [1.29, 1.82) is 0 Å². The lowest BCUT2D eigenvalue weighted by atomic mass is 10.1. The number of nitrogens with one attached hydrogen (secondary N) is 3. The summed E-state index contributed by atoms with van der Waals surface area (Å²) >= 11 is 0. The first-order valence-corrected chi connectivity index (χ1v) is 12.9. The summed E-state index contributed by atoms with van der Waals surface area (Å²) in [5.74, 6) is 0.587. The summed E-state index contributed by atoms with van der Waals surface area (Å²) in [4.78, 5) is 26.6. The number of rotatable bonds is 7. The molecule has 0 aliphatic carbocycles. The maximum Gasteiger partial charge on any atom is 0.241 e. The first kappa shape index (κ1) is 24.2. The van der Waals surface area contributed by atoms with Crippen LogP contribution < -0.4 is 20.9 Å². The predicted octanol–water partition coefficient (Wildman–Crippen LogP) is 4.03. The normalized spacial score (nSPS) is 18.3. The Morgan fingerprint density at radius 2 is 1.75 bits per heavy atom. The maximum absolute atomic E-state index is 12.4. The van der Waals surface area contributed by atoms with Crippen molar-refractivity contribution in [3.05, 3.63) is 60.3 Å². The molecule has 0 spiro atoms. The largest absolute Gasteiger partial charge is 0.369 e. The molecule has 0 saturated carbocycles. The van der Waals surface area contributed by atoms with E-state index in [1.54, 1.807) is 0 Å². The van der Waals surface area contributed by atoms with Gasteiger partial charge in [-0.05, 0) is 74.8 Å². The fourth-order valence-corrected chi connectivity index (χ4v) is 4.85. The van der Waals surface area contributed by atoms with Gasteiger partial charge in [-0.15, -0.1) is 0 Å². The van der Waals surface area contributed by atoms with Crippen LogP contribution in [0.2, 0.25) is 0 Å². The monoisotopic (exact) mass is 485 g/mol. The Kier molecular flexibility index (Phi) is 7.44. The Balaban J connectivity index is 1.23. The Labute approximate surface area is 213 Å². The van der Waals surface area contributed by atoms with Crippen LogP contribution in [0.4, 0.5) is 23.0 Å². The summed E-state index contributed by atoms with van der Waals surface area (Å²) in [6.45, 7) is 10.6. The standard InChI is InChI=1S/C28H35N7O/c1-3-34-15-17-35(18-16-34)24-12-10-23(11-13-24)32-28-30-19-20(2)26(33-28)21-6-8-22(9-7-21)31-27(36)25-5-4-14-29-25/h6-13,19,25,29H,3-5,14-18H2,1-2H3,(H,31,36)(H,30,32,33). The molecule has 2 aromatic carbocycles. The molecule has 188 valence electrons. The molecule has 2 aliphatic heterocycles. The fraction of sp³-hybridized carbons (Fsp3) is 0.393. The van der Waals surface area contributed by atoms with E-state index in [-0.39, 0.29) is 11.9 Å². The van der Waals surface area contributed by atoms with E-state index in [0.29, 0.717) is 5.95 Å². The summed E-state index contributed by atoms with van der Waals surface area (Å²) in [5, 5.41) is 9.58. The van der Waals surface area contributed by atoms with Crippen LogP contribution in [0.3, 0.4) is 0 Å². The zero-order chi connectivity index (χ0) is 24.9. The number of piperazine rings is 1. The van der Waals surface area contributed by atoms with Gasteiger partial charge >= 0.3 is 0 Å². The molecular formula is C28H35N7O. The minimum Gasteiger partial charge on any atom is -0.369 e. The number of carbonyl (C=O) groups is 1. The summed E-state index contributed by atoms with van der Waals surface area (Å²) in [6.07, 6.45) is 3.77. The third-order valence-corrected chi connectivity index (χ3v) is 7.08. The van der Waals surface area contributed by atoms with Crippen LogP contribution >= 0.6 is 0 Å². The summed E-state index contributed by atoms with van der Waals surface area (Å²) in [6, 6.07) is 16.2. The highest BCUT2D eigenvalue weighted by Gasteiger charge is 2.22. The van der Waals surface area contributed by atoms with Gasteiger partial charge in [0.25, 0.3) is 0 Å². The number of benzene rings is 2. The Morgan fingerprint density at radius 1 is 1.03 bits per heavy atom. The van der Waals surface area contributed by atoms with Crippen molar-refractivity contribution in [3.8, 4) is 11.3 Å². The van der Waals surface area contributed by atoms with Gasteiger partial charge in [-0.2, -0.15) is 0 Å². The number of nitrogens with zero attached hydrogens (tertiary/aromatic N) is 4. The lowest BCUT2D eigenvalue weighted by Crippen LogP contribution is -2.46. The number of aromatic nitrogens is 2. The van der Waals surface area contributed by atoms with E-state index in [0.717, 1.165) is 80.3 Å². The highest BCUT2D eigenvalue weighted by molar-refractivity contribution is 5.95. The first-order chi connectivity index (χ1) is 17.6. The molecule has 2 fully saturated rings. The lowest BCUT2D eigenvalue weighted by Gasteiger charge is -2.35. The average molecular weight is 486 g/mol. The van der Waals surface area contributed by atoms with Crippen molar-refractivity contribution in [2.75, 3.05) is 54.8 Å². The van der Waals surface area contributed by atoms with E-state index in [9.17, 15) is 4.79 Å². The van der Waals surface area contributed by atoms with Crippen LogP contribution in [0.1, 0.15) is 25.3 Å². The Bertz CT molecular complexity index is 1170. The fourth-order valence-electron chi connectivity index (χ4n) is 4.85. The van der Waals surface area contributed by atoms with E-state index in [2.05, 4.69) is 61.9 Å². The smallest absolute Gasteiger partial charge is 0.241 e. The van der Waals surface area contributed by atoms with Gasteiger partial charge in [-0.3, -0.25) is 4.79 Å². The number of likely N-dealkylation sites (N-methyl/N-ethyl adjacent to an activating group) is 1. The molecule has 8 heteroatoms. The molecule has 2 saturated heterocycles. The molecule has 1 amide bonds. The van der Waals surface area contributed by atoms with Gasteiger partial charge in [-0.25, -0.2) is 9.97 Å². The molecule has 3 aromatic rings. The maximum atomic E-state index is 12.4. The number of hydrogen-bond donors (Lipinski definition) is 3. The van der Waals surface area contributed by atoms with E-state index in [1.807, 2.05) is 37.4 Å². The average Bonchev–Trinajstić information content (AvgIpc) is 3.46. The number of anilines is 4. The van der Waals surface area contributed by atoms with Gasteiger partial charge in [0.15, 0.2) is 0 Å². The lowest BCUT2D eigenvalue weighted by molar-refractivity contribution is -0.117. The Hall–Kier alpha value is -3.49. The molecule has 36 heavy (non-hydrogen) atoms. The quantitative estimate of drug-likeness (QED) is 0.466. The van der Waals surface area contributed by atoms with E-state index >= 15 is 0 Å². The van der Waals surface area contributed by atoms with Gasteiger partial charge in [0, 0.05) is 55.0 Å². The molecular weight excluding hydrogens is 450 g/mol. The minimum atomic E-state index is -0.0947. The third-order valence-electron chi connectivity index (χ3n) is 7.08. The number of hydrogen-bond acceptors (Lipinski definition) is 7. The van der Waals surface area contributed by atoms with Crippen molar-refractivity contribution in [1.82, 2.24) is 20.2 Å². The number of aryl methyl sites for hydroxylation is 1. The molecule has 5 rings (SSSR count). The molecule has 3 N–H and O–H groups in total. The van der Waals surface area contributed by atoms with Gasteiger partial charge in [0.1, 0.15) is 0 Å². The van der Waals surface area contributed by atoms with Crippen LogP contribution in [0.5, 0.6) is 0 Å². The van der Waals surface area contributed by atoms with E-state index in [4.69, 9.17) is 4.98 Å². The third kappa shape index (κ3) is 5.66. The number of amides is 1. The molecule has 3 heterocycles. The summed E-state index contributed by atoms with van der Waals surface area (Å²) < 4.78 is 0. The topological polar surface area (TPSA) is 85.4 Å². The molecule has 1 atom stereocenters. The Morgan fingerprint density at radius 3 is 2.42 bits per heavy atom. The highest BCUT2D eigenvalue weighted by Crippen LogP contribution is 2.26. The van der Waals surface area contributed by atoms with Crippen molar-refractivity contribution in [3.63, 3.8) is 0 Å². The van der Waals surface area contributed by atoms with Gasteiger partial charge < -0.3 is 25.8 Å². The molecule has 2 aliphatic rings. The SMILES string of the molecule is CCN1CCN(c2ccc(Nc3ncc(C)c(-c4ccc(NC(=O)C5CCCN5)cc4)n3)cc2)CC1. The van der Waals surface area contributed by atoms with Gasteiger partial charge in [0.2, 0.25) is 11.9 Å². The van der Waals surface area contributed by atoms with E-state index < -0.39 is 0 Å². The summed E-state index contributed by atoms with van der Waals surface area (Å²) in [5.41, 5.74) is 5.84. The van der Waals surface area contributed by atoms with Crippen LogP contribution in [0.15, 0.2) is 54.7 Å². The first-order valence-electron chi connectivity index (χ1n) is 12.9. The second kappa shape index (κ2) is 11.1. The zero-order valence-corrected chi connectivity index (χ0v) is 21.1. The van der Waals surface area contributed by atoms with Crippen molar-refractivity contribution in [2.45, 2.75) is 32.7 Å². The molecule has 8 nitrogen and oxygen atoms in total. The van der Waals surface area contributed by atoms with Crippen molar-refractivity contribution >= 4 is 28.9 Å². The summed E-state index contributed by atoms with van der Waals surface area (Å²) in [7, 11) is 0. The molecule has 0 bridgehead atoms. The van der Waals surface area contributed by atoms with Gasteiger partial charge in [0.05, 0.1) is 11.7 Å². The molecule has 1 aromatic heterocycles. The second-order valence-electron chi connectivity index (χ2n) is 9.53. The van der Waals surface area contributed by atoms with Gasteiger partial charge in [-0.1, -0.05) is 19.1 Å². The van der Waals surface area contributed by atoms with Crippen LogP contribution in [0.25, 0.3) is 11.3 Å². The van der Waals surface area contributed by atoms with Crippen molar-refractivity contribution < 1.29 is 4.79 Å². The number of carbonyl (C=O) groups excluding carboxylic acids is 1.